The Balaban J connectivity index is 1.46. The number of halogens is 1. The van der Waals surface area contributed by atoms with E-state index >= 15 is 0 Å². The number of rotatable bonds is 5. The lowest BCUT2D eigenvalue weighted by Crippen LogP contribution is -2.57. The SMILES string of the molecule is COc1ccc(NC(=O)C23CC4CC(CC(Cl)(C4)C2)C3)c(S(=O)(=O)N2CCOCC2)c1. The summed E-state index contributed by atoms with van der Waals surface area (Å²) in [5.74, 6) is 1.29. The van der Waals surface area contributed by atoms with Crippen molar-refractivity contribution in [3.8, 4) is 5.75 Å². The summed E-state index contributed by atoms with van der Waals surface area (Å²) in [6.45, 7) is 1.28. The van der Waals surface area contributed by atoms with Gasteiger partial charge in [-0.05, 0) is 62.5 Å². The maximum absolute atomic E-state index is 13.6. The normalized spacial score (nSPS) is 35.2. The molecule has 1 saturated heterocycles. The van der Waals surface area contributed by atoms with Crippen LogP contribution in [0.25, 0.3) is 0 Å². The molecule has 0 spiro atoms. The Morgan fingerprint density at radius 1 is 1.19 bits per heavy atom. The van der Waals surface area contributed by atoms with E-state index in [1.165, 1.54) is 17.5 Å². The van der Waals surface area contributed by atoms with Crippen molar-refractivity contribution >= 4 is 33.2 Å². The molecule has 2 unspecified atom stereocenters. The van der Waals surface area contributed by atoms with Gasteiger partial charge in [0.15, 0.2) is 0 Å². The maximum atomic E-state index is 13.6. The minimum absolute atomic E-state index is 0.0624. The van der Waals surface area contributed by atoms with Crippen LogP contribution in [0.4, 0.5) is 5.69 Å². The lowest BCUT2D eigenvalue weighted by Gasteiger charge is -2.59. The fraction of sp³-hybridized carbons (Fsp3) is 0.682. The average molecular weight is 469 g/mol. The van der Waals surface area contributed by atoms with Gasteiger partial charge in [-0.25, -0.2) is 8.42 Å². The van der Waals surface area contributed by atoms with E-state index in [4.69, 9.17) is 21.1 Å². The summed E-state index contributed by atoms with van der Waals surface area (Å²) in [4.78, 5) is 13.4. The van der Waals surface area contributed by atoms with Gasteiger partial charge in [0.2, 0.25) is 15.9 Å². The molecule has 5 aliphatic rings. The topological polar surface area (TPSA) is 84.9 Å². The van der Waals surface area contributed by atoms with E-state index in [0.29, 0.717) is 42.9 Å². The highest BCUT2D eigenvalue weighted by atomic mass is 35.5. The third-order valence-corrected chi connectivity index (χ3v) is 9.88. The van der Waals surface area contributed by atoms with Crippen molar-refractivity contribution in [2.24, 2.45) is 17.3 Å². The largest absolute Gasteiger partial charge is 0.497 e. The first kappa shape index (κ1) is 21.5. The van der Waals surface area contributed by atoms with Gasteiger partial charge in [-0.15, -0.1) is 11.6 Å². The summed E-state index contributed by atoms with van der Waals surface area (Å²) in [5.41, 5.74) is -0.206. The number of alkyl halides is 1. The number of hydrogen-bond donors (Lipinski definition) is 1. The van der Waals surface area contributed by atoms with Crippen LogP contribution in [-0.4, -0.2) is 56.9 Å². The number of morpholine rings is 1. The molecule has 4 aliphatic carbocycles. The molecule has 9 heteroatoms. The molecule has 31 heavy (non-hydrogen) atoms. The summed E-state index contributed by atoms with van der Waals surface area (Å²) >= 11 is 6.90. The molecule has 6 rings (SSSR count). The van der Waals surface area contributed by atoms with Gasteiger partial charge >= 0.3 is 0 Å². The first-order chi connectivity index (χ1) is 14.7. The second kappa shape index (κ2) is 7.61. The Labute approximate surface area is 188 Å². The number of carbonyl (C=O) groups excluding carboxylic acids is 1. The lowest BCUT2D eigenvalue weighted by atomic mass is 9.49. The number of nitrogens with zero attached hydrogens (tertiary/aromatic N) is 1. The van der Waals surface area contributed by atoms with E-state index in [0.717, 1.165) is 32.1 Å². The maximum Gasteiger partial charge on any atom is 0.245 e. The number of amides is 1. The summed E-state index contributed by atoms with van der Waals surface area (Å²) < 4.78 is 38.8. The molecule has 4 bridgehead atoms. The monoisotopic (exact) mass is 468 g/mol. The van der Waals surface area contributed by atoms with Crippen molar-refractivity contribution in [2.45, 2.75) is 48.3 Å². The molecule has 1 aromatic rings. The third kappa shape index (κ3) is 3.75. The Morgan fingerprint density at radius 2 is 1.87 bits per heavy atom. The van der Waals surface area contributed by atoms with Crippen molar-refractivity contribution in [3.63, 3.8) is 0 Å². The Bertz CT molecular complexity index is 978. The Morgan fingerprint density at radius 3 is 2.48 bits per heavy atom. The molecule has 1 amide bonds. The average Bonchev–Trinajstić information content (AvgIpc) is 2.72. The van der Waals surface area contributed by atoms with Gasteiger partial charge in [-0.3, -0.25) is 4.79 Å². The van der Waals surface area contributed by atoms with Crippen LogP contribution in [0.3, 0.4) is 0 Å². The minimum Gasteiger partial charge on any atom is -0.497 e. The minimum atomic E-state index is -3.81. The van der Waals surface area contributed by atoms with E-state index in [-0.39, 0.29) is 28.8 Å². The molecule has 5 fully saturated rings. The predicted molar refractivity (Wildman–Crippen MR) is 117 cm³/mol. The number of hydrogen-bond acceptors (Lipinski definition) is 5. The van der Waals surface area contributed by atoms with Crippen molar-refractivity contribution in [2.75, 3.05) is 38.7 Å². The molecule has 2 atom stereocenters. The van der Waals surface area contributed by atoms with E-state index in [9.17, 15) is 13.2 Å². The zero-order valence-corrected chi connectivity index (χ0v) is 19.3. The standard InChI is InChI=1S/C22H29ClN2O5S/c1-29-17-2-3-18(19(9-17)31(27,28)25-4-6-30-7-5-25)24-20(26)21-10-15-8-16(11-21)13-22(23,12-15)14-21/h2-3,9,15-16H,4-8,10-14H2,1H3,(H,24,26). The van der Waals surface area contributed by atoms with E-state index in [1.54, 1.807) is 12.1 Å². The highest BCUT2D eigenvalue weighted by molar-refractivity contribution is 7.89. The summed E-state index contributed by atoms with van der Waals surface area (Å²) in [6.07, 6.45) is 5.47. The van der Waals surface area contributed by atoms with E-state index in [1.807, 2.05) is 0 Å². The smallest absolute Gasteiger partial charge is 0.245 e. The van der Waals surface area contributed by atoms with Gasteiger partial charge in [0.05, 0.1) is 31.4 Å². The molecule has 0 radical (unpaired) electrons. The molecule has 170 valence electrons. The van der Waals surface area contributed by atoms with Crippen molar-refractivity contribution in [3.05, 3.63) is 18.2 Å². The number of methoxy groups -OCH3 is 1. The molecule has 1 N–H and O–H groups in total. The van der Waals surface area contributed by atoms with Gasteiger partial charge in [-0.1, -0.05) is 0 Å². The van der Waals surface area contributed by atoms with Gasteiger partial charge in [-0.2, -0.15) is 4.31 Å². The van der Waals surface area contributed by atoms with Gasteiger partial charge in [0.1, 0.15) is 10.6 Å². The number of anilines is 1. The number of nitrogens with one attached hydrogen (secondary N) is 1. The Hall–Kier alpha value is -1.35. The molecule has 1 aromatic carbocycles. The second-order valence-corrected chi connectivity index (χ2v) is 12.4. The molecule has 0 aromatic heterocycles. The number of ether oxygens (including phenoxy) is 2. The fourth-order valence-corrected chi connectivity index (χ4v) is 8.81. The molecule has 1 heterocycles. The molecular weight excluding hydrogens is 440 g/mol. The Kier molecular flexibility index (Phi) is 5.28. The molecule has 7 nitrogen and oxygen atoms in total. The van der Waals surface area contributed by atoms with Gasteiger partial charge < -0.3 is 14.8 Å². The number of benzene rings is 1. The zero-order valence-electron chi connectivity index (χ0n) is 17.7. The van der Waals surface area contributed by atoms with E-state index in [2.05, 4.69) is 5.32 Å². The van der Waals surface area contributed by atoms with Crippen molar-refractivity contribution in [1.29, 1.82) is 0 Å². The lowest BCUT2D eigenvalue weighted by molar-refractivity contribution is -0.138. The van der Waals surface area contributed by atoms with Crippen LogP contribution in [0.2, 0.25) is 0 Å². The predicted octanol–water partition coefficient (Wildman–Crippen LogP) is 3.23. The van der Waals surface area contributed by atoms with Crippen molar-refractivity contribution < 1.29 is 22.7 Å². The van der Waals surface area contributed by atoms with Crippen molar-refractivity contribution in [1.82, 2.24) is 4.31 Å². The molecule has 1 aliphatic heterocycles. The second-order valence-electron chi connectivity index (χ2n) is 9.72. The van der Waals surface area contributed by atoms with E-state index < -0.39 is 15.4 Å². The first-order valence-electron chi connectivity index (χ1n) is 11.0. The molecular formula is C22H29ClN2O5S. The van der Waals surface area contributed by atoms with Crippen LogP contribution in [0.15, 0.2) is 23.1 Å². The quantitative estimate of drug-likeness (QED) is 0.670. The van der Waals surface area contributed by atoms with Gasteiger partial charge in [0, 0.05) is 24.0 Å². The highest BCUT2D eigenvalue weighted by Gasteiger charge is 2.60. The number of carbonyl (C=O) groups is 1. The first-order valence-corrected chi connectivity index (χ1v) is 12.8. The van der Waals surface area contributed by atoms with Crippen LogP contribution in [-0.2, 0) is 19.6 Å². The van der Waals surface area contributed by atoms with Crippen LogP contribution >= 0.6 is 11.6 Å². The summed E-state index contributed by atoms with van der Waals surface area (Å²) in [7, 11) is -2.31. The van der Waals surface area contributed by atoms with Crippen LogP contribution in [0.5, 0.6) is 5.75 Å². The van der Waals surface area contributed by atoms with Crippen LogP contribution < -0.4 is 10.1 Å². The van der Waals surface area contributed by atoms with Crippen LogP contribution in [0, 0.1) is 17.3 Å². The zero-order chi connectivity index (χ0) is 21.9. The highest BCUT2D eigenvalue weighted by Crippen LogP contribution is 2.64. The van der Waals surface area contributed by atoms with Crippen LogP contribution in [0.1, 0.15) is 38.5 Å². The number of sulfonamides is 1. The summed E-state index contributed by atoms with van der Waals surface area (Å²) in [5, 5.41) is 2.99. The van der Waals surface area contributed by atoms with Gasteiger partial charge in [0.25, 0.3) is 0 Å². The molecule has 4 saturated carbocycles. The summed E-state index contributed by atoms with van der Waals surface area (Å²) in [6, 6.07) is 4.79. The third-order valence-electron chi connectivity index (χ3n) is 7.50. The fourth-order valence-electron chi connectivity index (χ4n) is 6.54.